The molecule has 2 rings (SSSR count). The average molecular weight is 561 g/mol. The van der Waals surface area contributed by atoms with E-state index in [1.54, 1.807) is 7.05 Å². The van der Waals surface area contributed by atoms with E-state index in [4.69, 9.17) is 4.98 Å². The molecule has 0 amide bonds. The zero-order chi connectivity index (χ0) is 28.7. The van der Waals surface area contributed by atoms with Crippen LogP contribution in [0.25, 0.3) is 10.9 Å². The van der Waals surface area contributed by atoms with Crippen LogP contribution in [0.4, 0.5) is 5.82 Å². The smallest absolute Gasteiger partial charge is 0.129 e. The number of hydrogen-bond donors (Lipinski definition) is 1. The summed E-state index contributed by atoms with van der Waals surface area (Å²) >= 11 is 0. The van der Waals surface area contributed by atoms with E-state index in [9.17, 15) is 4.21 Å². The molecule has 0 fully saturated rings. The SMILES string of the molecule is CCCCCCCCCCCCCCCCCS(=O)NC.Cc1cc(N(C)CCN(C)C)nc2ccccc12. The molecule has 1 N–H and O–H groups in total. The van der Waals surface area contributed by atoms with Crippen molar-refractivity contribution < 1.29 is 4.21 Å². The normalized spacial score (nSPS) is 12.0. The zero-order valence-electron chi connectivity index (χ0n) is 26.3. The number of pyridine rings is 1. The fraction of sp³-hybridized carbons (Fsp3) is 0.727. The number of para-hydroxylation sites is 1. The first-order valence-electron chi connectivity index (χ1n) is 15.7. The molecule has 224 valence electrons. The van der Waals surface area contributed by atoms with Crippen LogP contribution in [0.15, 0.2) is 30.3 Å². The van der Waals surface area contributed by atoms with E-state index >= 15 is 0 Å². The van der Waals surface area contributed by atoms with Crippen LogP contribution in [0.2, 0.25) is 0 Å². The quantitative estimate of drug-likeness (QED) is 0.156. The first-order chi connectivity index (χ1) is 18.9. The molecule has 0 radical (unpaired) electrons. The summed E-state index contributed by atoms with van der Waals surface area (Å²) < 4.78 is 13.9. The van der Waals surface area contributed by atoms with Crippen molar-refractivity contribution in [2.75, 3.05) is 51.9 Å². The topological polar surface area (TPSA) is 48.5 Å². The van der Waals surface area contributed by atoms with Gasteiger partial charge in [0.05, 0.1) is 16.5 Å². The number of aryl methyl sites for hydroxylation is 1. The minimum absolute atomic E-state index is 0.794. The van der Waals surface area contributed by atoms with Gasteiger partial charge in [-0.3, -0.25) is 0 Å². The van der Waals surface area contributed by atoms with Gasteiger partial charge >= 0.3 is 0 Å². The second-order valence-corrected chi connectivity index (χ2v) is 12.8. The molecule has 2 aromatic rings. The highest BCUT2D eigenvalue weighted by molar-refractivity contribution is 7.82. The highest BCUT2D eigenvalue weighted by Crippen LogP contribution is 2.21. The molecule has 1 atom stereocenters. The summed E-state index contributed by atoms with van der Waals surface area (Å²) in [5.74, 6) is 1.86. The first kappa shape index (κ1) is 35.5. The van der Waals surface area contributed by atoms with Gasteiger partial charge < -0.3 is 9.80 Å². The van der Waals surface area contributed by atoms with Crippen molar-refractivity contribution in [2.45, 2.75) is 110 Å². The number of nitrogens with zero attached hydrogens (tertiary/aromatic N) is 3. The summed E-state index contributed by atoms with van der Waals surface area (Å²) in [6, 6.07) is 10.5. The molecule has 0 aliphatic carbocycles. The molecule has 1 unspecified atom stereocenters. The van der Waals surface area contributed by atoms with Gasteiger partial charge in [-0.1, -0.05) is 115 Å². The van der Waals surface area contributed by atoms with Gasteiger partial charge in [-0.25, -0.2) is 13.9 Å². The summed E-state index contributed by atoms with van der Waals surface area (Å²) in [7, 11) is 7.25. The number of aromatic nitrogens is 1. The zero-order valence-corrected chi connectivity index (χ0v) is 27.1. The summed E-state index contributed by atoms with van der Waals surface area (Å²) in [6.07, 6.45) is 20.7. The standard InChI is InChI=1S/C18H39NOS.C15H21N3/c1-3-4-5-6-7-8-9-10-11-12-13-14-15-16-17-18-21(20)19-2;1-12-11-15(18(4)10-9-17(2)3)16-14-8-6-5-7-13(12)14/h19H,3-18H2,1-2H3;5-8,11H,9-10H2,1-4H3. The van der Waals surface area contributed by atoms with Crippen molar-refractivity contribution >= 4 is 27.7 Å². The number of fused-ring (bicyclic) bond motifs is 1. The van der Waals surface area contributed by atoms with Crippen LogP contribution in [0, 0.1) is 6.92 Å². The molecule has 0 saturated heterocycles. The van der Waals surface area contributed by atoms with Crippen molar-refractivity contribution in [1.29, 1.82) is 0 Å². The number of likely N-dealkylation sites (N-methyl/N-ethyl adjacent to an activating group) is 2. The molecule has 0 aliphatic rings. The maximum absolute atomic E-state index is 11.1. The van der Waals surface area contributed by atoms with Gasteiger partial charge in [0.15, 0.2) is 0 Å². The Kier molecular flexibility index (Phi) is 21.2. The summed E-state index contributed by atoms with van der Waals surface area (Å²) in [5, 5.41) is 1.24. The molecule has 0 aliphatic heterocycles. The summed E-state index contributed by atoms with van der Waals surface area (Å²) in [4.78, 5) is 9.11. The van der Waals surface area contributed by atoms with Crippen LogP contribution in [-0.4, -0.2) is 61.1 Å². The van der Waals surface area contributed by atoms with Crippen LogP contribution in [0.3, 0.4) is 0 Å². The van der Waals surface area contributed by atoms with E-state index < -0.39 is 11.0 Å². The van der Waals surface area contributed by atoms with Gasteiger partial charge in [0.25, 0.3) is 0 Å². The Morgan fingerprint density at radius 3 is 1.79 bits per heavy atom. The van der Waals surface area contributed by atoms with Gasteiger partial charge in [0.2, 0.25) is 0 Å². The Bertz CT molecular complexity index is 889. The highest BCUT2D eigenvalue weighted by Gasteiger charge is 2.06. The lowest BCUT2D eigenvalue weighted by molar-refractivity contribution is 0.416. The maximum Gasteiger partial charge on any atom is 0.129 e. The minimum atomic E-state index is -0.794. The lowest BCUT2D eigenvalue weighted by Crippen LogP contribution is -2.29. The third-order valence-electron chi connectivity index (χ3n) is 7.34. The van der Waals surface area contributed by atoms with E-state index in [2.05, 4.69) is 73.8 Å². The third-order valence-corrected chi connectivity index (χ3v) is 8.46. The average Bonchev–Trinajstić information content (AvgIpc) is 2.94. The Hall–Kier alpha value is -1.50. The van der Waals surface area contributed by atoms with E-state index in [0.29, 0.717) is 0 Å². The van der Waals surface area contributed by atoms with E-state index in [1.165, 1.54) is 101 Å². The van der Waals surface area contributed by atoms with Gasteiger partial charge in [0, 0.05) is 31.3 Å². The van der Waals surface area contributed by atoms with Gasteiger partial charge in [-0.05, 0) is 52.2 Å². The molecule has 1 heterocycles. The number of unbranched alkanes of at least 4 members (excludes halogenated alkanes) is 14. The van der Waals surface area contributed by atoms with Crippen LogP contribution in [0.1, 0.15) is 109 Å². The van der Waals surface area contributed by atoms with Crippen LogP contribution < -0.4 is 9.62 Å². The van der Waals surface area contributed by atoms with Crippen molar-refractivity contribution in [3.63, 3.8) is 0 Å². The Morgan fingerprint density at radius 1 is 0.769 bits per heavy atom. The first-order valence-corrected chi connectivity index (χ1v) is 17.0. The van der Waals surface area contributed by atoms with Crippen LogP contribution in [-0.2, 0) is 11.0 Å². The van der Waals surface area contributed by atoms with E-state index in [-0.39, 0.29) is 0 Å². The van der Waals surface area contributed by atoms with Crippen molar-refractivity contribution in [3.05, 3.63) is 35.9 Å². The van der Waals surface area contributed by atoms with Gasteiger partial charge in [-0.2, -0.15) is 0 Å². The molecule has 6 heteroatoms. The number of anilines is 1. The summed E-state index contributed by atoms with van der Waals surface area (Å²) in [6.45, 7) is 6.44. The molecule has 0 spiro atoms. The van der Waals surface area contributed by atoms with Gasteiger partial charge in [0.1, 0.15) is 5.82 Å². The monoisotopic (exact) mass is 560 g/mol. The van der Waals surface area contributed by atoms with Crippen LogP contribution in [0.5, 0.6) is 0 Å². The van der Waals surface area contributed by atoms with Crippen LogP contribution >= 0.6 is 0 Å². The van der Waals surface area contributed by atoms with Crippen molar-refractivity contribution in [1.82, 2.24) is 14.6 Å². The second-order valence-electron chi connectivity index (χ2n) is 11.2. The molecule has 1 aromatic carbocycles. The number of rotatable bonds is 21. The van der Waals surface area contributed by atoms with Crippen molar-refractivity contribution in [2.24, 2.45) is 0 Å². The fourth-order valence-electron chi connectivity index (χ4n) is 4.70. The molecule has 0 saturated carbocycles. The number of benzene rings is 1. The Balaban J connectivity index is 0.000000393. The largest absolute Gasteiger partial charge is 0.358 e. The van der Waals surface area contributed by atoms with E-state index in [1.807, 2.05) is 6.07 Å². The maximum atomic E-state index is 11.1. The minimum Gasteiger partial charge on any atom is -0.358 e. The molecule has 39 heavy (non-hydrogen) atoms. The Morgan fingerprint density at radius 2 is 1.28 bits per heavy atom. The fourth-order valence-corrected chi connectivity index (χ4v) is 5.37. The number of nitrogens with one attached hydrogen (secondary N) is 1. The Labute approximate surface area is 244 Å². The predicted molar refractivity (Wildman–Crippen MR) is 175 cm³/mol. The molecule has 1 aromatic heterocycles. The summed E-state index contributed by atoms with van der Waals surface area (Å²) in [5.41, 5.74) is 2.36. The third kappa shape index (κ3) is 17.7. The van der Waals surface area contributed by atoms with E-state index in [0.717, 1.165) is 36.6 Å². The molecule has 5 nitrogen and oxygen atoms in total. The highest BCUT2D eigenvalue weighted by atomic mass is 32.2. The van der Waals surface area contributed by atoms with Crippen molar-refractivity contribution in [3.8, 4) is 0 Å². The van der Waals surface area contributed by atoms with Gasteiger partial charge in [-0.15, -0.1) is 0 Å². The molecular weight excluding hydrogens is 500 g/mol. The predicted octanol–water partition coefficient (Wildman–Crippen LogP) is 8.28. The number of hydrogen-bond acceptors (Lipinski definition) is 4. The lowest BCUT2D eigenvalue weighted by atomic mass is 10.0. The lowest BCUT2D eigenvalue weighted by Gasteiger charge is -2.21. The second kappa shape index (κ2) is 23.2. The molecule has 0 bridgehead atoms. The molecular formula is C33H60N4OS.